The minimum Gasteiger partial charge on any atom is -0.381 e. The van der Waals surface area contributed by atoms with Crippen LogP contribution in [-0.4, -0.2) is 49.7 Å². The van der Waals surface area contributed by atoms with Gasteiger partial charge >= 0.3 is 0 Å². The second-order valence-electron chi connectivity index (χ2n) is 4.47. The van der Waals surface area contributed by atoms with Gasteiger partial charge in [0, 0.05) is 44.8 Å². The molecule has 2 aliphatic heterocycles. The molecule has 0 unspecified atom stereocenters. The van der Waals surface area contributed by atoms with Crippen LogP contribution >= 0.6 is 0 Å². The molecule has 0 radical (unpaired) electrons. The van der Waals surface area contributed by atoms with Crippen molar-refractivity contribution in [3.05, 3.63) is 0 Å². The Balaban J connectivity index is 1.92. The molecule has 86 valence electrons. The van der Waals surface area contributed by atoms with Crippen molar-refractivity contribution in [2.24, 2.45) is 5.92 Å². The molecule has 0 saturated carbocycles. The lowest BCUT2D eigenvalue weighted by molar-refractivity contribution is -0.141. The van der Waals surface area contributed by atoms with E-state index < -0.39 is 0 Å². The van der Waals surface area contributed by atoms with Gasteiger partial charge in [0.25, 0.3) is 0 Å². The minimum absolute atomic E-state index is 0.208. The van der Waals surface area contributed by atoms with Gasteiger partial charge in [0.15, 0.2) is 0 Å². The monoisotopic (exact) mass is 212 g/mol. The lowest BCUT2D eigenvalue weighted by atomic mass is 9.97. The zero-order chi connectivity index (χ0) is 10.7. The Labute approximate surface area is 91.0 Å². The zero-order valence-corrected chi connectivity index (χ0v) is 9.37. The Kier molecular flexibility index (Phi) is 3.59. The Morgan fingerprint density at radius 1 is 1.40 bits per heavy atom. The molecule has 4 nitrogen and oxygen atoms in total. The van der Waals surface area contributed by atoms with Crippen LogP contribution in [0.2, 0.25) is 0 Å². The molecular weight excluding hydrogens is 192 g/mol. The Hall–Kier alpha value is -0.610. The molecule has 0 spiro atoms. The number of piperazine rings is 1. The molecule has 2 saturated heterocycles. The number of nitrogens with zero attached hydrogens (tertiary/aromatic N) is 1. The smallest absolute Gasteiger partial charge is 0.226 e. The summed E-state index contributed by atoms with van der Waals surface area (Å²) in [5.74, 6) is 0.548. The van der Waals surface area contributed by atoms with Gasteiger partial charge in [-0.1, -0.05) is 0 Å². The van der Waals surface area contributed by atoms with E-state index in [2.05, 4.69) is 12.2 Å². The highest BCUT2D eigenvalue weighted by molar-refractivity contribution is 5.79. The predicted molar refractivity (Wildman–Crippen MR) is 57.6 cm³/mol. The highest BCUT2D eigenvalue weighted by Gasteiger charge is 2.30. The number of hydrogen-bond acceptors (Lipinski definition) is 3. The van der Waals surface area contributed by atoms with Gasteiger partial charge in [0.2, 0.25) is 5.91 Å². The minimum atomic E-state index is 0.208. The summed E-state index contributed by atoms with van der Waals surface area (Å²) in [7, 11) is 0. The standard InChI is InChI=1S/C11H20N2O2/c1-9-8-12-4-5-13(9)11(14)10-2-6-15-7-3-10/h9-10,12H,2-8H2,1H3/t9-/m1/s1. The van der Waals surface area contributed by atoms with Crippen molar-refractivity contribution < 1.29 is 9.53 Å². The average Bonchev–Trinajstić information content (AvgIpc) is 2.30. The van der Waals surface area contributed by atoms with Crippen molar-refractivity contribution in [2.75, 3.05) is 32.8 Å². The predicted octanol–water partition coefficient (Wildman–Crippen LogP) is 0.233. The number of nitrogens with one attached hydrogen (secondary N) is 1. The van der Waals surface area contributed by atoms with Crippen LogP contribution in [0.1, 0.15) is 19.8 Å². The largest absolute Gasteiger partial charge is 0.381 e. The number of carbonyl (C=O) groups is 1. The Morgan fingerprint density at radius 2 is 2.13 bits per heavy atom. The molecule has 2 rings (SSSR count). The summed E-state index contributed by atoms with van der Waals surface area (Å²) < 4.78 is 5.28. The second kappa shape index (κ2) is 4.94. The lowest BCUT2D eigenvalue weighted by Crippen LogP contribution is -2.54. The maximum absolute atomic E-state index is 12.2. The molecule has 1 amide bonds. The van der Waals surface area contributed by atoms with Gasteiger partial charge in [-0.05, 0) is 19.8 Å². The number of ether oxygens (including phenoxy) is 1. The van der Waals surface area contributed by atoms with Gasteiger partial charge in [0.05, 0.1) is 0 Å². The fourth-order valence-electron chi connectivity index (χ4n) is 2.35. The number of amides is 1. The highest BCUT2D eigenvalue weighted by Crippen LogP contribution is 2.19. The number of carbonyl (C=O) groups excluding carboxylic acids is 1. The Bertz CT molecular complexity index is 227. The lowest BCUT2D eigenvalue weighted by Gasteiger charge is -2.37. The van der Waals surface area contributed by atoms with Crippen LogP contribution in [0, 0.1) is 5.92 Å². The van der Waals surface area contributed by atoms with Gasteiger partial charge in [0.1, 0.15) is 0 Å². The molecule has 0 aliphatic carbocycles. The van der Waals surface area contributed by atoms with E-state index in [1.165, 1.54) is 0 Å². The van der Waals surface area contributed by atoms with Gasteiger partial charge in [-0.2, -0.15) is 0 Å². The molecule has 15 heavy (non-hydrogen) atoms. The first kappa shape index (κ1) is 10.9. The molecular formula is C11H20N2O2. The van der Waals surface area contributed by atoms with E-state index in [-0.39, 0.29) is 5.92 Å². The quantitative estimate of drug-likeness (QED) is 0.676. The topological polar surface area (TPSA) is 41.6 Å². The first-order chi connectivity index (χ1) is 7.29. The summed E-state index contributed by atoms with van der Waals surface area (Å²) in [5, 5.41) is 3.30. The summed E-state index contributed by atoms with van der Waals surface area (Å²) >= 11 is 0. The van der Waals surface area contributed by atoms with Crippen LogP contribution in [-0.2, 0) is 9.53 Å². The van der Waals surface area contributed by atoms with E-state index in [1.54, 1.807) is 0 Å². The van der Waals surface area contributed by atoms with Gasteiger partial charge in [-0.25, -0.2) is 0 Å². The SMILES string of the molecule is C[C@@H]1CNCCN1C(=O)C1CCOCC1. The van der Waals surface area contributed by atoms with E-state index in [9.17, 15) is 4.79 Å². The first-order valence-electron chi connectivity index (χ1n) is 5.88. The van der Waals surface area contributed by atoms with Crippen LogP contribution in [0.5, 0.6) is 0 Å². The van der Waals surface area contributed by atoms with Gasteiger partial charge < -0.3 is 15.0 Å². The fourth-order valence-corrected chi connectivity index (χ4v) is 2.35. The molecule has 4 heteroatoms. The molecule has 2 heterocycles. The summed E-state index contributed by atoms with van der Waals surface area (Å²) in [5.41, 5.74) is 0. The van der Waals surface area contributed by atoms with E-state index in [4.69, 9.17) is 4.74 Å². The van der Waals surface area contributed by atoms with Crippen molar-refractivity contribution in [3.63, 3.8) is 0 Å². The second-order valence-corrected chi connectivity index (χ2v) is 4.47. The van der Waals surface area contributed by atoms with E-state index in [1.807, 2.05) is 4.90 Å². The number of hydrogen-bond donors (Lipinski definition) is 1. The maximum atomic E-state index is 12.2. The molecule has 0 aromatic carbocycles. The molecule has 1 atom stereocenters. The molecule has 2 fully saturated rings. The third-order valence-electron chi connectivity index (χ3n) is 3.35. The zero-order valence-electron chi connectivity index (χ0n) is 9.37. The van der Waals surface area contributed by atoms with Crippen molar-refractivity contribution in [1.82, 2.24) is 10.2 Å². The maximum Gasteiger partial charge on any atom is 0.226 e. The van der Waals surface area contributed by atoms with Crippen LogP contribution < -0.4 is 5.32 Å². The molecule has 0 aromatic rings. The van der Waals surface area contributed by atoms with Gasteiger partial charge in [-0.3, -0.25) is 4.79 Å². The molecule has 0 aromatic heterocycles. The normalized spacial score (nSPS) is 29.1. The van der Waals surface area contributed by atoms with Crippen LogP contribution in [0.25, 0.3) is 0 Å². The highest BCUT2D eigenvalue weighted by atomic mass is 16.5. The Morgan fingerprint density at radius 3 is 2.80 bits per heavy atom. The molecule has 1 N–H and O–H groups in total. The first-order valence-corrected chi connectivity index (χ1v) is 5.88. The summed E-state index contributed by atoms with van der Waals surface area (Å²) in [6.45, 7) is 6.32. The fraction of sp³-hybridized carbons (Fsp3) is 0.909. The summed E-state index contributed by atoms with van der Waals surface area (Å²) in [6.07, 6.45) is 1.80. The van der Waals surface area contributed by atoms with Crippen molar-refractivity contribution in [1.29, 1.82) is 0 Å². The van der Waals surface area contributed by atoms with Crippen LogP contribution in [0.3, 0.4) is 0 Å². The summed E-state index contributed by atoms with van der Waals surface area (Å²) in [6, 6.07) is 0.342. The summed E-state index contributed by atoms with van der Waals surface area (Å²) in [4.78, 5) is 14.2. The van der Waals surface area contributed by atoms with Crippen molar-refractivity contribution >= 4 is 5.91 Å². The van der Waals surface area contributed by atoms with E-state index >= 15 is 0 Å². The van der Waals surface area contributed by atoms with Crippen molar-refractivity contribution in [2.45, 2.75) is 25.8 Å². The van der Waals surface area contributed by atoms with E-state index in [0.717, 1.165) is 45.7 Å². The average molecular weight is 212 g/mol. The van der Waals surface area contributed by atoms with Crippen LogP contribution in [0.15, 0.2) is 0 Å². The third-order valence-corrected chi connectivity index (χ3v) is 3.35. The third kappa shape index (κ3) is 2.49. The van der Waals surface area contributed by atoms with E-state index in [0.29, 0.717) is 11.9 Å². The van der Waals surface area contributed by atoms with Crippen molar-refractivity contribution in [3.8, 4) is 0 Å². The number of rotatable bonds is 1. The van der Waals surface area contributed by atoms with Gasteiger partial charge in [-0.15, -0.1) is 0 Å². The molecule has 2 aliphatic rings. The molecule has 0 bridgehead atoms. The van der Waals surface area contributed by atoms with Crippen LogP contribution in [0.4, 0.5) is 0 Å².